The van der Waals surface area contributed by atoms with Gasteiger partial charge in [-0.25, -0.2) is 20.6 Å². The molecule has 0 saturated carbocycles. The fourth-order valence-corrected chi connectivity index (χ4v) is 2.22. The van der Waals surface area contributed by atoms with Crippen LogP contribution < -0.4 is 16.5 Å². The van der Waals surface area contributed by atoms with Crippen LogP contribution in [0.25, 0.3) is 11.4 Å². The lowest BCUT2D eigenvalue weighted by Crippen LogP contribution is -2.33. The van der Waals surface area contributed by atoms with Crippen LogP contribution in [0.4, 0.5) is 11.8 Å². The van der Waals surface area contributed by atoms with Crippen LogP contribution in [-0.4, -0.2) is 19.5 Å². The van der Waals surface area contributed by atoms with Gasteiger partial charge in [0, 0.05) is 18.8 Å². The molecule has 0 aliphatic heterocycles. The predicted molar refractivity (Wildman–Crippen MR) is 88.0 cm³/mol. The number of nitrogens with zero attached hydrogens (tertiary/aromatic N) is 5. The standard InChI is InChI=1S/C16H16N6O/c1-11-7-3-4-8-12(11)14-19-15(20-16(23)21(14)2)22(17)13-9-5-6-10-18-13/h3-10H,17H2,1-2H3. The van der Waals surface area contributed by atoms with Crippen molar-refractivity contribution in [1.82, 2.24) is 19.5 Å². The molecule has 3 aromatic rings. The third-order valence-corrected chi connectivity index (χ3v) is 3.50. The Morgan fingerprint density at radius 2 is 1.83 bits per heavy atom. The number of nitrogens with two attached hydrogens (primary N) is 1. The van der Waals surface area contributed by atoms with Crippen molar-refractivity contribution in [1.29, 1.82) is 0 Å². The van der Waals surface area contributed by atoms with Crippen molar-refractivity contribution < 1.29 is 0 Å². The second-order valence-corrected chi connectivity index (χ2v) is 5.06. The molecule has 0 amide bonds. The van der Waals surface area contributed by atoms with E-state index in [9.17, 15) is 4.79 Å². The van der Waals surface area contributed by atoms with Gasteiger partial charge in [-0.2, -0.15) is 9.97 Å². The van der Waals surface area contributed by atoms with Crippen LogP contribution in [0.3, 0.4) is 0 Å². The van der Waals surface area contributed by atoms with E-state index < -0.39 is 5.69 Å². The van der Waals surface area contributed by atoms with Gasteiger partial charge in [0.25, 0.3) is 5.95 Å². The summed E-state index contributed by atoms with van der Waals surface area (Å²) in [5.41, 5.74) is 1.43. The zero-order valence-electron chi connectivity index (χ0n) is 12.8. The van der Waals surface area contributed by atoms with Gasteiger partial charge >= 0.3 is 5.69 Å². The summed E-state index contributed by atoms with van der Waals surface area (Å²) in [5, 5.41) is 1.20. The first kappa shape index (κ1) is 14.9. The highest BCUT2D eigenvalue weighted by atomic mass is 16.1. The summed E-state index contributed by atoms with van der Waals surface area (Å²) in [5.74, 6) is 7.08. The van der Waals surface area contributed by atoms with Crippen molar-refractivity contribution in [2.45, 2.75) is 6.92 Å². The molecule has 0 atom stereocenters. The number of hydrazine groups is 1. The lowest BCUT2D eigenvalue weighted by atomic mass is 10.1. The number of rotatable bonds is 3. The molecule has 0 spiro atoms. The van der Waals surface area contributed by atoms with Crippen LogP contribution in [0.1, 0.15) is 5.56 Å². The van der Waals surface area contributed by atoms with Gasteiger partial charge in [0.2, 0.25) is 0 Å². The minimum atomic E-state index is -0.431. The van der Waals surface area contributed by atoms with Crippen molar-refractivity contribution >= 4 is 11.8 Å². The van der Waals surface area contributed by atoms with E-state index in [0.717, 1.165) is 11.1 Å². The van der Waals surface area contributed by atoms with Crippen molar-refractivity contribution in [2.75, 3.05) is 5.01 Å². The van der Waals surface area contributed by atoms with Crippen LogP contribution in [0.5, 0.6) is 0 Å². The van der Waals surface area contributed by atoms with Crippen molar-refractivity contribution in [3.05, 3.63) is 64.7 Å². The molecule has 23 heavy (non-hydrogen) atoms. The van der Waals surface area contributed by atoms with E-state index in [1.807, 2.05) is 31.2 Å². The van der Waals surface area contributed by atoms with E-state index in [1.54, 1.807) is 31.4 Å². The molecule has 3 rings (SSSR count). The van der Waals surface area contributed by atoms with Gasteiger partial charge < -0.3 is 0 Å². The molecule has 7 heteroatoms. The summed E-state index contributed by atoms with van der Waals surface area (Å²) in [6.45, 7) is 1.96. The van der Waals surface area contributed by atoms with Gasteiger partial charge in [0.1, 0.15) is 11.6 Å². The SMILES string of the molecule is Cc1ccccc1-c1nc(N(N)c2ccccn2)nc(=O)n1C. The molecule has 0 radical (unpaired) electrons. The lowest BCUT2D eigenvalue weighted by molar-refractivity contribution is 0.769. The molecule has 0 aliphatic rings. The Morgan fingerprint density at radius 1 is 1.09 bits per heavy atom. The molecular formula is C16H16N6O. The first-order valence-corrected chi connectivity index (χ1v) is 7.05. The number of aromatic nitrogens is 4. The Hall–Kier alpha value is -3.06. The Labute approximate surface area is 133 Å². The smallest absolute Gasteiger partial charge is 0.279 e. The Bertz CT molecular complexity index is 891. The summed E-state index contributed by atoms with van der Waals surface area (Å²) >= 11 is 0. The van der Waals surface area contributed by atoms with E-state index >= 15 is 0 Å². The van der Waals surface area contributed by atoms with Crippen LogP contribution in [0.2, 0.25) is 0 Å². The molecule has 0 fully saturated rings. The molecule has 0 bridgehead atoms. The van der Waals surface area contributed by atoms with Gasteiger partial charge in [-0.1, -0.05) is 30.3 Å². The summed E-state index contributed by atoms with van der Waals surface area (Å²) in [7, 11) is 1.63. The molecule has 116 valence electrons. The van der Waals surface area contributed by atoms with E-state index in [1.165, 1.54) is 9.58 Å². The molecule has 7 nitrogen and oxygen atoms in total. The first-order chi connectivity index (χ1) is 11.1. The third-order valence-electron chi connectivity index (χ3n) is 3.50. The molecule has 0 saturated heterocycles. The fraction of sp³-hybridized carbons (Fsp3) is 0.125. The van der Waals surface area contributed by atoms with Crippen molar-refractivity contribution in [3.8, 4) is 11.4 Å². The van der Waals surface area contributed by atoms with E-state index in [2.05, 4.69) is 15.0 Å². The topological polar surface area (TPSA) is 89.9 Å². The van der Waals surface area contributed by atoms with Crippen molar-refractivity contribution in [3.63, 3.8) is 0 Å². The number of hydrogen-bond donors (Lipinski definition) is 1. The average Bonchev–Trinajstić information content (AvgIpc) is 2.58. The lowest BCUT2D eigenvalue weighted by Gasteiger charge is -2.17. The Kier molecular flexibility index (Phi) is 3.86. The third kappa shape index (κ3) is 2.82. The largest absolute Gasteiger partial charge is 0.352 e. The minimum Gasteiger partial charge on any atom is -0.279 e. The maximum absolute atomic E-state index is 12.2. The Balaban J connectivity index is 2.15. The monoisotopic (exact) mass is 308 g/mol. The number of benzene rings is 1. The molecule has 2 N–H and O–H groups in total. The highest BCUT2D eigenvalue weighted by Crippen LogP contribution is 2.22. The maximum Gasteiger partial charge on any atom is 0.352 e. The number of anilines is 2. The number of pyridine rings is 1. The molecule has 2 aromatic heterocycles. The van der Waals surface area contributed by atoms with Gasteiger partial charge in [-0.05, 0) is 24.6 Å². The van der Waals surface area contributed by atoms with Gasteiger partial charge in [-0.3, -0.25) is 4.57 Å². The Morgan fingerprint density at radius 3 is 2.52 bits per heavy atom. The van der Waals surface area contributed by atoms with E-state index in [-0.39, 0.29) is 5.95 Å². The van der Waals surface area contributed by atoms with Crippen molar-refractivity contribution in [2.24, 2.45) is 12.9 Å². The van der Waals surface area contributed by atoms with Crippen LogP contribution in [-0.2, 0) is 7.05 Å². The molecule has 0 aliphatic carbocycles. The second kappa shape index (κ2) is 5.98. The quantitative estimate of drug-likeness (QED) is 0.583. The van der Waals surface area contributed by atoms with Crippen LogP contribution in [0.15, 0.2) is 53.5 Å². The zero-order chi connectivity index (χ0) is 16.4. The number of hydrogen-bond acceptors (Lipinski definition) is 6. The van der Waals surface area contributed by atoms with Gasteiger partial charge in [-0.15, -0.1) is 0 Å². The predicted octanol–water partition coefficient (Wildman–Crippen LogP) is 1.56. The zero-order valence-corrected chi connectivity index (χ0v) is 12.8. The van der Waals surface area contributed by atoms with Gasteiger partial charge in [0.15, 0.2) is 0 Å². The summed E-state index contributed by atoms with van der Waals surface area (Å²) in [6.07, 6.45) is 1.61. The second-order valence-electron chi connectivity index (χ2n) is 5.06. The van der Waals surface area contributed by atoms with E-state index in [0.29, 0.717) is 11.6 Å². The number of aryl methyl sites for hydroxylation is 1. The normalized spacial score (nSPS) is 10.6. The average molecular weight is 308 g/mol. The summed E-state index contributed by atoms with van der Waals surface area (Å²) < 4.78 is 1.40. The van der Waals surface area contributed by atoms with Crippen LogP contribution >= 0.6 is 0 Å². The van der Waals surface area contributed by atoms with Crippen LogP contribution in [0, 0.1) is 6.92 Å². The molecule has 2 heterocycles. The first-order valence-electron chi connectivity index (χ1n) is 7.05. The minimum absolute atomic E-state index is 0.102. The summed E-state index contributed by atoms with van der Waals surface area (Å²) in [6, 6.07) is 13.0. The van der Waals surface area contributed by atoms with E-state index in [4.69, 9.17) is 5.84 Å². The molecule has 0 unspecified atom stereocenters. The van der Waals surface area contributed by atoms with Gasteiger partial charge in [0.05, 0.1) is 0 Å². The highest BCUT2D eigenvalue weighted by Gasteiger charge is 2.15. The summed E-state index contributed by atoms with van der Waals surface area (Å²) in [4.78, 5) is 24.7. The molecule has 1 aromatic carbocycles. The highest BCUT2D eigenvalue weighted by molar-refractivity contribution is 5.62. The fourth-order valence-electron chi connectivity index (χ4n) is 2.22. The molecular weight excluding hydrogens is 292 g/mol. The maximum atomic E-state index is 12.2.